The number of carbonyl (C=O) groups excluding carboxylic acids is 1. The van der Waals surface area contributed by atoms with E-state index in [1.165, 1.54) is 11.9 Å². The molecule has 0 aliphatic carbocycles. The summed E-state index contributed by atoms with van der Waals surface area (Å²) in [4.78, 5) is 13.9. The van der Waals surface area contributed by atoms with Crippen molar-refractivity contribution >= 4 is 17.5 Å². The Kier molecular flexibility index (Phi) is 4.02. The van der Waals surface area contributed by atoms with Crippen LogP contribution in [0.4, 0.5) is 5.69 Å². The van der Waals surface area contributed by atoms with Gasteiger partial charge in [0, 0.05) is 37.8 Å². The van der Waals surface area contributed by atoms with Crippen LogP contribution in [0.5, 0.6) is 0 Å². The fraction of sp³-hybridized carbons (Fsp3) is 0.222. The van der Waals surface area contributed by atoms with E-state index in [4.69, 9.17) is 4.74 Å². The molecule has 1 heterocycles. The number of rotatable bonds is 3. The molecule has 0 unspecified atom stereocenters. The highest BCUT2D eigenvalue weighted by molar-refractivity contribution is 5.96. The predicted molar refractivity (Wildman–Crippen MR) is 90.1 cm³/mol. The summed E-state index contributed by atoms with van der Waals surface area (Å²) >= 11 is 0. The maximum absolute atomic E-state index is 11.9. The molecular formula is C18H19N3O2. The Morgan fingerprint density at radius 3 is 2.30 bits per heavy atom. The molecule has 5 nitrogen and oxygen atoms in total. The monoisotopic (exact) mass is 309 g/mol. The third kappa shape index (κ3) is 3.04. The van der Waals surface area contributed by atoms with Crippen molar-refractivity contribution in [2.45, 2.75) is 13.2 Å². The van der Waals surface area contributed by atoms with Gasteiger partial charge in [0.1, 0.15) is 0 Å². The van der Waals surface area contributed by atoms with Gasteiger partial charge in [-0.3, -0.25) is 4.79 Å². The summed E-state index contributed by atoms with van der Waals surface area (Å²) in [6.45, 7) is 1.49. The lowest BCUT2D eigenvalue weighted by molar-refractivity contribution is -0.135. The number of ether oxygens (including phenoxy) is 1. The third-order valence-electron chi connectivity index (χ3n) is 3.68. The second kappa shape index (κ2) is 6.12. The quantitative estimate of drug-likeness (QED) is 0.875. The molecule has 118 valence electrons. The number of hydrogen-bond acceptors (Lipinski definition) is 4. The summed E-state index contributed by atoms with van der Waals surface area (Å²) < 4.78 is 5.95. The van der Waals surface area contributed by atoms with Crippen molar-refractivity contribution in [3.05, 3.63) is 65.7 Å². The molecule has 5 heteroatoms. The Morgan fingerprint density at radius 1 is 1.09 bits per heavy atom. The number of hydrogen-bond donors (Lipinski definition) is 0. The smallest absolute Gasteiger partial charge is 0.243 e. The van der Waals surface area contributed by atoms with Gasteiger partial charge in [0.15, 0.2) is 0 Å². The van der Waals surface area contributed by atoms with E-state index in [-0.39, 0.29) is 5.91 Å². The number of nitrogens with zero attached hydrogens (tertiary/aromatic N) is 3. The van der Waals surface area contributed by atoms with Crippen LogP contribution in [0.3, 0.4) is 0 Å². The zero-order valence-corrected chi connectivity index (χ0v) is 13.4. The fourth-order valence-electron chi connectivity index (χ4n) is 2.42. The number of anilines is 1. The summed E-state index contributed by atoms with van der Waals surface area (Å²) in [6.07, 6.45) is -0.516. The first-order valence-corrected chi connectivity index (χ1v) is 7.44. The Morgan fingerprint density at radius 2 is 1.74 bits per heavy atom. The average molecular weight is 309 g/mol. The maximum atomic E-state index is 11.9. The fourth-order valence-corrected chi connectivity index (χ4v) is 2.42. The van der Waals surface area contributed by atoms with Crippen molar-refractivity contribution in [3.63, 3.8) is 0 Å². The maximum Gasteiger partial charge on any atom is 0.243 e. The number of benzene rings is 2. The first kappa shape index (κ1) is 15.1. The van der Waals surface area contributed by atoms with Gasteiger partial charge >= 0.3 is 0 Å². The lowest BCUT2D eigenvalue weighted by Crippen LogP contribution is -2.25. The van der Waals surface area contributed by atoms with Gasteiger partial charge in [-0.15, -0.1) is 5.10 Å². The van der Waals surface area contributed by atoms with Crippen LogP contribution in [-0.2, 0) is 9.53 Å². The van der Waals surface area contributed by atoms with Gasteiger partial charge in [-0.25, -0.2) is 0 Å². The minimum Gasteiger partial charge on any atom is -0.446 e. The highest BCUT2D eigenvalue weighted by atomic mass is 16.5. The molecule has 0 N–H and O–H groups in total. The van der Waals surface area contributed by atoms with Crippen LogP contribution < -0.4 is 4.90 Å². The molecular weight excluding hydrogens is 290 g/mol. The van der Waals surface area contributed by atoms with Crippen molar-refractivity contribution in [1.82, 2.24) is 5.01 Å². The Bertz CT molecular complexity index is 724. The van der Waals surface area contributed by atoms with Crippen LogP contribution in [0, 0.1) is 0 Å². The van der Waals surface area contributed by atoms with E-state index in [2.05, 4.69) is 5.10 Å². The molecule has 3 rings (SSSR count). The highest BCUT2D eigenvalue weighted by Crippen LogP contribution is 2.30. The summed E-state index contributed by atoms with van der Waals surface area (Å²) in [6, 6.07) is 17.5. The van der Waals surface area contributed by atoms with E-state index < -0.39 is 6.23 Å². The lowest BCUT2D eigenvalue weighted by atomic mass is 10.2. The molecule has 0 radical (unpaired) electrons. The van der Waals surface area contributed by atoms with E-state index in [1.807, 2.05) is 73.6 Å². The van der Waals surface area contributed by atoms with Crippen LogP contribution in [0.1, 0.15) is 24.3 Å². The first-order valence-electron chi connectivity index (χ1n) is 7.44. The number of amides is 1. The molecule has 0 saturated heterocycles. The predicted octanol–water partition coefficient (Wildman–Crippen LogP) is 2.99. The van der Waals surface area contributed by atoms with Crippen LogP contribution in [-0.4, -0.2) is 30.9 Å². The van der Waals surface area contributed by atoms with Gasteiger partial charge in [-0.1, -0.05) is 30.3 Å². The molecule has 2 aromatic carbocycles. The standard InChI is InChI=1S/C18H19N3O2/c1-13(22)21-18(15-7-5-4-6-8-15)23-17(19-21)14-9-11-16(12-10-14)20(2)3/h4-12,18H,1-3H3/t18-/m0/s1. The molecule has 23 heavy (non-hydrogen) atoms. The zero-order chi connectivity index (χ0) is 16.4. The largest absolute Gasteiger partial charge is 0.446 e. The molecule has 0 saturated carbocycles. The molecule has 1 atom stereocenters. The molecule has 1 aliphatic rings. The highest BCUT2D eigenvalue weighted by Gasteiger charge is 2.32. The number of carbonyl (C=O) groups is 1. The SMILES string of the molecule is CC(=O)N1N=C(c2ccc(N(C)C)cc2)O[C@H]1c1ccccc1. The van der Waals surface area contributed by atoms with Gasteiger partial charge in [0.05, 0.1) is 0 Å². The molecule has 0 aromatic heterocycles. The van der Waals surface area contributed by atoms with Crippen LogP contribution in [0.25, 0.3) is 0 Å². The van der Waals surface area contributed by atoms with Crippen molar-refractivity contribution in [1.29, 1.82) is 0 Å². The van der Waals surface area contributed by atoms with E-state index in [1.54, 1.807) is 0 Å². The Labute approximate surface area is 135 Å². The Hall–Kier alpha value is -2.82. The molecule has 2 aromatic rings. The molecule has 0 fully saturated rings. The van der Waals surface area contributed by atoms with E-state index in [9.17, 15) is 4.79 Å². The normalized spacial score (nSPS) is 16.7. The minimum absolute atomic E-state index is 0.154. The third-order valence-corrected chi connectivity index (χ3v) is 3.68. The van der Waals surface area contributed by atoms with Gasteiger partial charge in [-0.2, -0.15) is 5.01 Å². The summed E-state index contributed by atoms with van der Waals surface area (Å²) in [7, 11) is 3.98. The Balaban J connectivity index is 1.89. The molecule has 0 bridgehead atoms. The summed E-state index contributed by atoms with van der Waals surface area (Å²) in [5.74, 6) is 0.304. The minimum atomic E-state index is -0.516. The lowest BCUT2D eigenvalue weighted by Gasteiger charge is -2.19. The van der Waals surface area contributed by atoms with Gasteiger partial charge in [0.25, 0.3) is 0 Å². The second-order valence-electron chi connectivity index (χ2n) is 5.59. The topological polar surface area (TPSA) is 45.1 Å². The van der Waals surface area contributed by atoms with Crippen molar-refractivity contribution in [2.24, 2.45) is 5.10 Å². The van der Waals surface area contributed by atoms with Crippen LogP contribution >= 0.6 is 0 Å². The van der Waals surface area contributed by atoms with Gasteiger partial charge in [-0.05, 0) is 24.3 Å². The zero-order valence-electron chi connectivity index (χ0n) is 13.4. The van der Waals surface area contributed by atoms with Crippen molar-refractivity contribution in [3.8, 4) is 0 Å². The van der Waals surface area contributed by atoms with Crippen molar-refractivity contribution < 1.29 is 9.53 Å². The molecule has 1 aliphatic heterocycles. The van der Waals surface area contributed by atoms with E-state index >= 15 is 0 Å². The van der Waals surface area contributed by atoms with E-state index in [0.717, 1.165) is 16.8 Å². The van der Waals surface area contributed by atoms with Crippen LogP contribution in [0.15, 0.2) is 59.7 Å². The second-order valence-corrected chi connectivity index (χ2v) is 5.59. The van der Waals surface area contributed by atoms with Crippen LogP contribution in [0.2, 0.25) is 0 Å². The first-order chi connectivity index (χ1) is 11.1. The summed E-state index contributed by atoms with van der Waals surface area (Å²) in [5.41, 5.74) is 2.84. The van der Waals surface area contributed by atoms with E-state index in [0.29, 0.717) is 5.90 Å². The average Bonchev–Trinajstić information content (AvgIpc) is 3.01. The summed E-state index contributed by atoms with van der Waals surface area (Å²) in [5, 5.41) is 5.73. The molecule has 0 spiro atoms. The number of hydrazone groups is 1. The van der Waals surface area contributed by atoms with Crippen molar-refractivity contribution in [2.75, 3.05) is 19.0 Å². The molecule has 1 amide bonds. The van der Waals surface area contributed by atoms with Gasteiger partial charge in [0.2, 0.25) is 18.0 Å². The van der Waals surface area contributed by atoms with Gasteiger partial charge < -0.3 is 9.64 Å².